The summed E-state index contributed by atoms with van der Waals surface area (Å²) < 4.78 is 22.6. The van der Waals surface area contributed by atoms with Crippen LogP contribution in [0, 0.1) is 5.92 Å². The topological polar surface area (TPSA) is 46.2 Å². The largest absolute Gasteiger partial charge is 0.313 e. The molecule has 2 fully saturated rings. The van der Waals surface area contributed by atoms with Gasteiger partial charge in [-0.25, -0.2) is 8.42 Å². The molecule has 0 radical (unpaired) electrons. The fourth-order valence-corrected chi connectivity index (χ4v) is 5.07. The van der Waals surface area contributed by atoms with Crippen molar-refractivity contribution in [2.24, 2.45) is 5.92 Å². The molecule has 0 aromatic carbocycles. The number of sulfone groups is 1. The van der Waals surface area contributed by atoms with E-state index in [2.05, 4.69) is 5.32 Å². The third kappa shape index (κ3) is 3.93. The maximum absolute atomic E-state index is 11.3. The molecule has 16 heavy (non-hydrogen) atoms. The third-order valence-corrected chi connectivity index (χ3v) is 6.46. The Morgan fingerprint density at radius 1 is 1.19 bits per heavy atom. The van der Waals surface area contributed by atoms with Crippen LogP contribution in [0.4, 0.5) is 0 Å². The normalized spacial score (nSPS) is 31.4. The molecule has 0 aliphatic carbocycles. The lowest BCUT2D eigenvalue weighted by Gasteiger charge is -2.27. The third-order valence-electron chi connectivity index (χ3n) is 3.53. The Bertz CT molecular complexity index is 296. The summed E-state index contributed by atoms with van der Waals surface area (Å²) in [5, 5.41) is 3.60. The van der Waals surface area contributed by atoms with Gasteiger partial charge in [0.15, 0.2) is 0 Å². The minimum Gasteiger partial charge on any atom is -0.313 e. The highest BCUT2D eigenvalue weighted by Gasteiger charge is 2.24. The van der Waals surface area contributed by atoms with Crippen molar-refractivity contribution < 1.29 is 8.42 Å². The SMILES string of the molecule is O=S1(=O)CCC(CNC2CCCSC2)CC1. The number of thioether (sulfide) groups is 1. The van der Waals surface area contributed by atoms with E-state index in [-0.39, 0.29) is 0 Å². The van der Waals surface area contributed by atoms with Gasteiger partial charge in [0.25, 0.3) is 0 Å². The lowest BCUT2D eigenvalue weighted by atomic mass is 10.0. The van der Waals surface area contributed by atoms with Gasteiger partial charge in [-0.2, -0.15) is 11.8 Å². The van der Waals surface area contributed by atoms with Gasteiger partial charge in [-0.05, 0) is 43.9 Å². The van der Waals surface area contributed by atoms with Gasteiger partial charge in [-0.3, -0.25) is 0 Å². The lowest BCUT2D eigenvalue weighted by Crippen LogP contribution is -2.39. The van der Waals surface area contributed by atoms with E-state index in [4.69, 9.17) is 0 Å². The van der Waals surface area contributed by atoms with Crippen molar-refractivity contribution in [3.05, 3.63) is 0 Å². The van der Waals surface area contributed by atoms with E-state index in [0.29, 0.717) is 23.5 Å². The zero-order valence-corrected chi connectivity index (χ0v) is 11.3. The molecule has 0 spiro atoms. The van der Waals surface area contributed by atoms with Crippen molar-refractivity contribution >= 4 is 21.6 Å². The average molecular weight is 263 g/mol. The minimum atomic E-state index is -2.69. The van der Waals surface area contributed by atoms with Crippen LogP contribution >= 0.6 is 11.8 Å². The van der Waals surface area contributed by atoms with Gasteiger partial charge < -0.3 is 5.32 Å². The second kappa shape index (κ2) is 5.74. The Morgan fingerprint density at radius 3 is 2.56 bits per heavy atom. The van der Waals surface area contributed by atoms with Crippen LogP contribution in [-0.2, 0) is 9.84 Å². The average Bonchev–Trinajstić information content (AvgIpc) is 2.29. The molecule has 0 aromatic rings. The second-order valence-electron chi connectivity index (χ2n) is 4.92. The summed E-state index contributed by atoms with van der Waals surface area (Å²) in [5.41, 5.74) is 0. The highest BCUT2D eigenvalue weighted by atomic mass is 32.2. The molecule has 0 bridgehead atoms. The van der Waals surface area contributed by atoms with Crippen LogP contribution in [0.3, 0.4) is 0 Å². The molecule has 3 nitrogen and oxygen atoms in total. The lowest BCUT2D eigenvalue weighted by molar-refractivity contribution is 0.397. The summed E-state index contributed by atoms with van der Waals surface area (Å²) in [7, 11) is -2.69. The Labute approximate surface area is 103 Å². The van der Waals surface area contributed by atoms with Gasteiger partial charge in [-0.15, -0.1) is 0 Å². The van der Waals surface area contributed by atoms with Gasteiger partial charge in [0.2, 0.25) is 0 Å². The zero-order chi connectivity index (χ0) is 11.4. The molecule has 1 unspecified atom stereocenters. The van der Waals surface area contributed by atoms with Gasteiger partial charge in [0.1, 0.15) is 9.84 Å². The van der Waals surface area contributed by atoms with E-state index >= 15 is 0 Å². The van der Waals surface area contributed by atoms with Crippen LogP contribution < -0.4 is 5.32 Å². The van der Waals surface area contributed by atoms with Crippen molar-refractivity contribution in [2.45, 2.75) is 31.7 Å². The number of rotatable bonds is 3. The van der Waals surface area contributed by atoms with Crippen LogP contribution in [-0.4, -0.2) is 44.0 Å². The molecule has 0 amide bonds. The van der Waals surface area contributed by atoms with Crippen molar-refractivity contribution in [3.8, 4) is 0 Å². The van der Waals surface area contributed by atoms with E-state index in [1.165, 1.54) is 24.3 Å². The van der Waals surface area contributed by atoms with E-state index in [1.807, 2.05) is 11.8 Å². The highest BCUT2D eigenvalue weighted by molar-refractivity contribution is 7.99. The number of nitrogens with one attached hydrogen (secondary N) is 1. The summed E-state index contributed by atoms with van der Waals surface area (Å²) in [6, 6.07) is 0.664. The Kier molecular flexibility index (Phi) is 4.56. The molecular formula is C11H21NO2S2. The molecular weight excluding hydrogens is 242 g/mol. The quantitative estimate of drug-likeness (QED) is 0.833. The Morgan fingerprint density at radius 2 is 1.94 bits per heavy atom. The standard InChI is InChI=1S/C11H21NO2S2/c13-16(14)6-3-10(4-7-16)8-12-11-2-1-5-15-9-11/h10-12H,1-9H2. The van der Waals surface area contributed by atoms with Crippen molar-refractivity contribution in [2.75, 3.05) is 29.6 Å². The molecule has 0 aromatic heterocycles. The van der Waals surface area contributed by atoms with E-state index in [1.54, 1.807) is 0 Å². The van der Waals surface area contributed by atoms with Crippen LogP contribution in [0.1, 0.15) is 25.7 Å². The second-order valence-corrected chi connectivity index (χ2v) is 8.37. The Hall–Kier alpha value is 0.260. The summed E-state index contributed by atoms with van der Waals surface area (Å²) in [6.45, 7) is 1.01. The smallest absolute Gasteiger partial charge is 0.150 e. The maximum atomic E-state index is 11.3. The summed E-state index contributed by atoms with van der Waals surface area (Å²) >= 11 is 2.03. The minimum absolute atomic E-state index is 0.402. The monoisotopic (exact) mass is 263 g/mol. The molecule has 5 heteroatoms. The predicted octanol–water partition coefficient (Wildman–Crippen LogP) is 1.30. The molecule has 94 valence electrons. The van der Waals surface area contributed by atoms with Crippen LogP contribution in [0.25, 0.3) is 0 Å². The van der Waals surface area contributed by atoms with Gasteiger partial charge in [0.05, 0.1) is 11.5 Å². The van der Waals surface area contributed by atoms with Crippen molar-refractivity contribution in [1.29, 1.82) is 0 Å². The van der Waals surface area contributed by atoms with Crippen LogP contribution in [0.15, 0.2) is 0 Å². The van der Waals surface area contributed by atoms with Crippen molar-refractivity contribution in [3.63, 3.8) is 0 Å². The molecule has 2 saturated heterocycles. The highest BCUT2D eigenvalue weighted by Crippen LogP contribution is 2.20. The molecule has 1 N–H and O–H groups in total. The molecule has 2 aliphatic heterocycles. The van der Waals surface area contributed by atoms with Gasteiger partial charge >= 0.3 is 0 Å². The first-order valence-electron chi connectivity index (χ1n) is 6.17. The van der Waals surface area contributed by atoms with E-state index in [0.717, 1.165) is 19.4 Å². The van der Waals surface area contributed by atoms with E-state index in [9.17, 15) is 8.42 Å². The molecule has 0 saturated carbocycles. The summed E-state index contributed by atoms with van der Waals surface area (Å²) in [5.74, 6) is 3.91. The van der Waals surface area contributed by atoms with Crippen LogP contribution in [0.2, 0.25) is 0 Å². The van der Waals surface area contributed by atoms with Crippen molar-refractivity contribution in [1.82, 2.24) is 5.32 Å². The van der Waals surface area contributed by atoms with Crippen LogP contribution in [0.5, 0.6) is 0 Å². The fourth-order valence-electron chi connectivity index (χ4n) is 2.38. The summed E-state index contributed by atoms with van der Waals surface area (Å²) in [4.78, 5) is 0. The first-order valence-corrected chi connectivity index (χ1v) is 9.15. The van der Waals surface area contributed by atoms with E-state index < -0.39 is 9.84 Å². The first-order chi connectivity index (χ1) is 7.66. The molecule has 2 rings (SSSR count). The van der Waals surface area contributed by atoms with Gasteiger partial charge in [-0.1, -0.05) is 0 Å². The molecule has 2 heterocycles. The Balaban J connectivity index is 1.67. The maximum Gasteiger partial charge on any atom is 0.150 e. The number of hydrogen-bond acceptors (Lipinski definition) is 4. The molecule has 2 aliphatic rings. The predicted molar refractivity (Wildman–Crippen MR) is 69.7 cm³/mol. The van der Waals surface area contributed by atoms with Gasteiger partial charge in [0, 0.05) is 11.8 Å². The fraction of sp³-hybridized carbons (Fsp3) is 1.00. The first kappa shape index (κ1) is 12.7. The molecule has 1 atom stereocenters. The number of hydrogen-bond donors (Lipinski definition) is 1. The zero-order valence-electron chi connectivity index (χ0n) is 9.65. The summed E-state index contributed by atoms with van der Waals surface area (Å²) in [6.07, 6.45) is 4.32.